The fraction of sp³-hybridized carbons (Fsp3) is 0.480. The molecule has 0 aliphatic carbocycles. The van der Waals surface area contributed by atoms with Gasteiger partial charge in [0.1, 0.15) is 0 Å². The van der Waals surface area contributed by atoms with E-state index in [0.717, 1.165) is 18.9 Å². The predicted molar refractivity (Wildman–Crippen MR) is 134 cm³/mol. The number of amides is 1. The number of sulfone groups is 1. The molecule has 198 valence electrons. The molecule has 1 atom stereocenters. The number of nitrogens with zero attached hydrogens (tertiary/aromatic N) is 2. The minimum atomic E-state index is -4.63. The van der Waals surface area contributed by atoms with Gasteiger partial charge >= 0.3 is 6.18 Å². The first-order chi connectivity index (χ1) is 16.8. The van der Waals surface area contributed by atoms with Crippen LogP contribution in [-0.4, -0.2) is 63.1 Å². The lowest BCUT2D eigenvalue weighted by atomic mass is 10.00. The summed E-state index contributed by atoms with van der Waals surface area (Å²) < 4.78 is 66.5. The van der Waals surface area contributed by atoms with E-state index < -0.39 is 27.5 Å². The van der Waals surface area contributed by atoms with Crippen LogP contribution in [0.3, 0.4) is 0 Å². The van der Waals surface area contributed by atoms with Crippen molar-refractivity contribution in [3.8, 4) is 0 Å². The first-order valence-corrected chi connectivity index (χ1v) is 13.7. The third-order valence-electron chi connectivity index (χ3n) is 6.46. The third kappa shape index (κ3) is 7.00. The number of hydrogen-bond donors (Lipinski definition) is 1. The Bertz CT molecular complexity index is 1200. The van der Waals surface area contributed by atoms with Crippen LogP contribution in [0, 0.1) is 0 Å². The van der Waals surface area contributed by atoms with Gasteiger partial charge in [-0.1, -0.05) is 24.6 Å². The molecule has 0 spiro atoms. The van der Waals surface area contributed by atoms with Crippen molar-refractivity contribution in [3.05, 3.63) is 63.7 Å². The summed E-state index contributed by atoms with van der Waals surface area (Å²) in [7, 11) is 0.350. The number of nitrogens with one attached hydrogen (secondary N) is 1. The zero-order valence-corrected chi connectivity index (χ0v) is 22.1. The van der Waals surface area contributed by atoms with Crippen molar-refractivity contribution in [2.75, 3.05) is 32.9 Å². The Kier molecular flexibility index (Phi) is 9.08. The van der Waals surface area contributed by atoms with Gasteiger partial charge in [-0.2, -0.15) is 13.2 Å². The maximum atomic E-state index is 13.9. The number of piperidine rings is 1. The molecule has 11 heteroatoms. The molecule has 2 aromatic carbocycles. The molecular formula is C25H31ClF3N3O3S. The summed E-state index contributed by atoms with van der Waals surface area (Å²) in [6, 6.07) is 8.09. The number of carbonyl (C=O) groups excluding carboxylic acids is 1. The summed E-state index contributed by atoms with van der Waals surface area (Å²) in [5.74, 6) is -0.879. The molecule has 1 fully saturated rings. The highest BCUT2D eigenvalue weighted by molar-refractivity contribution is 7.91. The van der Waals surface area contributed by atoms with E-state index in [1.807, 2.05) is 19.0 Å². The van der Waals surface area contributed by atoms with Crippen molar-refractivity contribution in [2.45, 2.75) is 50.0 Å². The Hall–Kier alpha value is -2.14. The number of carbonyl (C=O) groups is 1. The SMILES string of the molecule is CCS(=O)(=O)c1ccc(Cl)cc1CNC(=O)c1ccc(CN2CCC[C@H](N(C)C)C2)c(C(F)(F)F)c1. The van der Waals surface area contributed by atoms with Gasteiger partial charge in [-0.05, 0) is 74.9 Å². The molecule has 1 heterocycles. The summed E-state index contributed by atoms with van der Waals surface area (Å²) in [6.07, 6.45) is -2.72. The van der Waals surface area contributed by atoms with E-state index in [0.29, 0.717) is 13.1 Å². The van der Waals surface area contributed by atoms with Crippen LogP contribution in [-0.2, 0) is 29.1 Å². The molecule has 1 amide bonds. The molecule has 36 heavy (non-hydrogen) atoms. The van der Waals surface area contributed by atoms with Gasteiger partial charge in [-0.15, -0.1) is 0 Å². The van der Waals surface area contributed by atoms with Crippen LogP contribution in [0.5, 0.6) is 0 Å². The van der Waals surface area contributed by atoms with Crippen molar-refractivity contribution in [1.29, 1.82) is 0 Å². The van der Waals surface area contributed by atoms with Crippen molar-refractivity contribution >= 4 is 27.3 Å². The zero-order valence-electron chi connectivity index (χ0n) is 20.5. The largest absolute Gasteiger partial charge is 0.416 e. The predicted octanol–water partition coefficient (Wildman–Crippen LogP) is 4.61. The monoisotopic (exact) mass is 545 g/mol. The molecule has 1 N–H and O–H groups in total. The smallest absolute Gasteiger partial charge is 0.348 e. The lowest BCUT2D eigenvalue weighted by Gasteiger charge is -2.36. The second-order valence-electron chi connectivity index (χ2n) is 9.20. The van der Waals surface area contributed by atoms with Gasteiger partial charge in [0, 0.05) is 36.3 Å². The molecule has 1 aliphatic rings. The summed E-state index contributed by atoms with van der Waals surface area (Å²) in [5.41, 5.74) is -0.618. The number of alkyl halides is 3. The average Bonchev–Trinajstić information content (AvgIpc) is 2.82. The molecule has 0 bridgehead atoms. The summed E-state index contributed by atoms with van der Waals surface area (Å²) in [5, 5.41) is 2.82. The van der Waals surface area contributed by atoms with Crippen molar-refractivity contribution in [3.63, 3.8) is 0 Å². The van der Waals surface area contributed by atoms with Gasteiger partial charge in [0.15, 0.2) is 9.84 Å². The van der Waals surface area contributed by atoms with Gasteiger partial charge in [-0.25, -0.2) is 8.42 Å². The molecule has 1 aliphatic heterocycles. The Morgan fingerprint density at radius 1 is 1.17 bits per heavy atom. The molecule has 6 nitrogen and oxygen atoms in total. The quantitative estimate of drug-likeness (QED) is 0.525. The van der Waals surface area contributed by atoms with Crippen molar-refractivity contribution in [1.82, 2.24) is 15.1 Å². The van der Waals surface area contributed by atoms with E-state index in [4.69, 9.17) is 11.6 Å². The third-order valence-corrected chi connectivity index (χ3v) is 8.52. The van der Waals surface area contributed by atoms with Gasteiger partial charge in [0.25, 0.3) is 5.91 Å². The van der Waals surface area contributed by atoms with Crippen LogP contribution in [0.15, 0.2) is 41.3 Å². The van der Waals surface area contributed by atoms with Crippen LogP contribution in [0.1, 0.15) is 46.8 Å². The highest BCUT2D eigenvalue weighted by Gasteiger charge is 2.35. The van der Waals surface area contributed by atoms with Crippen molar-refractivity contribution < 1.29 is 26.4 Å². The van der Waals surface area contributed by atoms with Crippen LogP contribution in [0.25, 0.3) is 0 Å². The molecule has 1 saturated heterocycles. The first-order valence-electron chi connectivity index (χ1n) is 11.7. The summed E-state index contributed by atoms with van der Waals surface area (Å²) in [6.45, 7) is 2.83. The first kappa shape index (κ1) is 28.4. The minimum Gasteiger partial charge on any atom is -0.348 e. The highest BCUT2D eigenvalue weighted by Crippen LogP contribution is 2.34. The van der Waals surface area contributed by atoms with Crippen LogP contribution >= 0.6 is 11.6 Å². The van der Waals surface area contributed by atoms with E-state index in [2.05, 4.69) is 10.2 Å². The Balaban J connectivity index is 1.80. The molecule has 0 aromatic heterocycles. The number of likely N-dealkylation sites (N-methyl/N-ethyl adjacent to an activating group) is 1. The maximum Gasteiger partial charge on any atom is 0.416 e. The van der Waals surface area contributed by atoms with E-state index in [9.17, 15) is 26.4 Å². The summed E-state index contributed by atoms with van der Waals surface area (Å²) in [4.78, 5) is 16.9. The normalized spacial score (nSPS) is 17.4. The van der Waals surface area contributed by atoms with Crippen LogP contribution < -0.4 is 5.32 Å². The van der Waals surface area contributed by atoms with Crippen LogP contribution in [0.2, 0.25) is 5.02 Å². The number of rotatable bonds is 8. The van der Waals surface area contributed by atoms with Crippen LogP contribution in [0.4, 0.5) is 13.2 Å². The lowest BCUT2D eigenvalue weighted by Crippen LogP contribution is -2.44. The van der Waals surface area contributed by atoms with E-state index in [-0.39, 0.29) is 51.5 Å². The Morgan fingerprint density at radius 2 is 1.89 bits per heavy atom. The van der Waals surface area contributed by atoms with E-state index in [1.54, 1.807) is 0 Å². The number of halogens is 4. The topological polar surface area (TPSA) is 69.7 Å². The Morgan fingerprint density at radius 3 is 2.53 bits per heavy atom. The second kappa shape index (κ2) is 11.5. The maximum absolute atomic E-state index is 13.9. The fourth-order valence-corrected chi connectivity index (χ4v) is 5.69. The molecule has 3 rings (SSSR count). The average molecular weight is 546 g/mol. The number of benzene rings is 2. The van der Waals surface area contributed by atoms with E-state index >= 15 is 0 Å². The van der Waals surface area contributed by atoms with Gasteiger partial charge in [0.2, 0.25) is 0 Å². The second-order valence-corrected chi connectivity index (χ2v) is 11.9. The van der Waals surface area contributed by atoms with Gasteiger partial charge < -0.3 is 10.2 Å². The molecule has 2 aromatic rings. The van der Waals surface area contributed by atoms with E-state index in [1.165, 1.54) is 37.3 Å². The molecular weight excluding hydrogens is 515 g/mol. The van der Waals surface area contributed by atoms with Crippen molar-refractivity contribution in [2.24, 2.45) is 0 Å². The highest BCUT2D eigenvalue weighted by atomic mass is 35.5. The molecule has 0 radical (unpaired) electrons. The Labute approximate surface area is 215 Å². The molecule has 0 saturated carbocycles. The van der Waals surface area contributed by atoms with Gasteiger partial charge in [0.05, 0.1) is 16.2 Å². The fourth-order valence-electron chi connectivity index (χ4n) is 4.38. The lowest BCUT2D eigenvalue weighted by molar-refractivity contribution is -0.138. The van der Waals surface area contributed by atoms with Gasteiger partial charge in [-0.3, -0.25) is 9.69 Å². The zero-order chi connectivity index (χ0) is 26.7. The minimum absolute atomic E-state index is 0.0265. The molecule has 0 unspecified atom stereocenters. The number of hydrogen-bond acceptors (Lipinski definition) is 5. The number of likely N-dealkylation sites (tertiary alicyclic amines) is 1. The summed E-state index contributed by atoms with van der Waals surface area (Å²) >= 11 is 6.00. The standard InChI is InChI=1S/C25H31ClF3N3O3S/c1-4-36(34,35)23-10-9-20(26)12-19(23)14-30-24(33)17-7-8-18(22(13-17)25(27,28)29)15-32-11-5-6-21(16-32)31(2)3/h7-10,12-13,21H,4-6,11,14-16H2,1-3H3,(H,30,33)/t21-/m0/s1.